The van der Waals surface area contributed by atoms with Crippen LogP contribution >= 0.6 is 15.9 Å². The molecule has 7 heteroatoms. The van der Waals surface area contributed by atoms with Crippen LogP contribution in [0.25, 0.3) is 0 Å². The van der Waals surface area contributed by atoms with E-state index in [9.17, 15) is 13.2 Å². The molecule has 0 spiro atoms. The van der Waals surface area contributed by atoms with Gasteiger partial charge in [-0.05, 0) is 18.2 Å². The number of nitrogens with zero attached hydrogens (tertiary/aromatic N) is 1. The third-order valence-electron chi connectivity index (χ3n) is 1.99. The number of rotatable bonds is 0. The monoisotopic (exact) mass is 291 g/mol. The van der Waals surface area contributed by atoms with Crippen molar-refractivity contribution in [1.82, 2.24) is 4.31 Å². The summed E-state index contributed by atoms with van der Waals surface area (Å²) in [7, 11) is -2.81. The first-order valence-corrected chi connectivity index (χ1v) is 6.10. The van der Waals surface area contributed by atoms with Gasteiger partial charge in [0.1, 0.15) is 0 Å². The second-order valence-electron chi connectivity index (χ2n) is 2.95. The molecule has 5 nitrogen and oxygen atoms in total. The minimum atomic E-state index is -3.97. The fraction of sp³-hybridized carbons (Fsp3) is 0.125. The third kappa shape index (κ3) is 1.61. The summed E-state index contributed by atoms with van der Waals surface area (Å²) < 4.78 is 28.6. The molecule has 0 saturated carbocycles. The van der Waals surface area contributed by atoms with Crippen molar-refractivity contribution in [3.63, 3.8) is 0 Å². The van der Waals surface area contributed by atoms with Crippen molar-refractivity contribution in [3.05, 3.63) is 28.2 Å². The smallest absolute Gasteiger partial charge is 0.366 e. The van der Waals surface area contributed by atoms with Gasteiger partial charge in [-0.15, -0.1) is 0 Å². The maximum absolute atomic E-state index is 11.6. The summed E-state index contributed by atoms with van der Waals surface area (Å²) in [5.41, 5.74) is 0.224. The van der Waals surface area contributed by atoms with Crippen molar-refractivity contribution in [2.75, 3.05) is 7.05 Å². The van der Waals surface area contributed by atoms with Gasteiger partial charge in [-0.2, -0.15) is 8.42 Å². The minimum absolute atomic E-state index is 0.0568. The first-order chi connectivity index (χ1) is 6.92. The van der Waals surface area contributed by atoms with Gasteiger partial charge in [0.2, 0.25) is 0 Å². The van der Waals surface area contributed by atoms with E-state index in [4.69, 9.17) is 4.18 Å². The van der Waals surface area contributed by atoms with Crippen LogP contribution < -0.4 is 4.18 Å². The van der Waals surface area contributed by atoms with Crippen LogP contribution in [0.15, 0.2) is 22.7 Å². The van der Waals surface area contributed by atoms with E-state index in [0.29, 0.717) is 8.78 Å². The molecule has 0 N–H and O–H groups in total. The van der Waals surface area contributed by atoms with Gasteiger partial charge in [0.05, 0.1) is 5.56 Å². The molecule has 1 heterocycles. The largest absolute Gasteiger partial charge is 0.412 e. The van der Waals surface area contributed by atoms with E-state index in [1.807, 2.05) is 0 Å². The Bertz CT molecular complexity index is 540. The van der Waals surface area contributed by atoms with Crippen LogP contribution in [-0.4, -0.2) is 25.7 Å². The summed E-state index contributed by atoms with van der Waals surface area (Å²) in [6, 6.07) is 4.55. The second kappa shape index (κ2) is 3.21. The fourth-order valence-electron chi connectivity index (χ4n) is 1.18. The molecule has 0 fully saturated rings. The number of halogens is 1. The summed E-state index contributed by atoms with van der Waals surface area (Å²) in [6.45, 7) is 0. The highest BCUT2D eigenvalue weighted by Gasteiger charge is 2.34. The Kier molecular flexibility index (Phi) is 2.23. The lowest BCUT2D eigenvalue weighted by molar-refractivity contribution is 0.0862. The Morgan fingerprint density at radius 2 is 2.07 bits per heavy atom. The zero-order valence-electron chi connectivity index (χ0n) is 7.60. The van der Waals surface area contributed by atoms with Crippen LogP contribution in [0.2, 0.25) is 0 Å². The molecule has 0 saturated heterocycles. The second-order valence-corrected chi connectivity index (χ2v) is 5.44. The van der Waals surface area contributed by atoms with Gasteiger partial charge in [0.25, 0.3) is 5.91 Å². The molecule has 80 valence electrons. The van der Waals surface area contributed by atoms with Gasteiger partial charge < -0.3 is 4.18 Å². The fourth-order valence-corrected chi connectivity index (χ4v) is 2.33. The molecule has 15 heavy (non-hydrogen) atoms. The molecule has 0 radical (unpaired) electrons. The normalized spacial score (nSPS) is 18.3. The van der Waals surface area contributed by atoms with E-state index < -0.39 is 16.2 Å². The Balaban J connectivity index is 2.66. The average molecular weight is 292 g/mol. The Labute approximate surface area is 95.0 Å². The van der Waals surface area contributed by atoms with Crippen molar-refractivity contribution < 1.29 is 17.4 Å². The number of amides is 1. The van der Waals surface area contributed by atoms with Gasteiger partial charge in [-0.25, -0.2) is 4.31 Å². The summed E-state index contributed by atoms with van der Waals surface area (Å²) in [6.07, 6.45) is 0. The first kappa shape index (κ1) is 10.4. The van der Waals surface area contributed by atoms with E-state index in [0.717, 1.165) is 7.05 Å². The van der Waals surface area contributed by atoms with Crippen LogP contribution in [0.4, 0.5) is 0 Å². The number of hydrogen-bond donors (Lipinski definition) is 0. The van der Waals surface area contributed by atoms with Gasteiger partial charge in [0.15, 0.2) is 5.75 Å². The highest BCUT2D eigenvalue weighted by Crippen LogP contribution is 2.30. The van der Waals surface area contributed by atoms with Crippen molar-refractivity contribution >= 4 is 32.1 Å². The Morgan fingerprint density at radius 3 is 2.73 bits per heavy atom. The molecular weight excluding hydrogens is 286 g/mol. The van der Waals surface area contributed by atoms with E-state index in [1.54, 1.807) is 6.07 Å². The van der Waals surface area contributed by atoms with Crippen molar-refractivity contribution in [3.8, 4) is 5.75 Å². The molecule has 1 amide bonds. The maximum atomic E-state index is 11.6. The van der Waals surface area contributed by atoms with E-state index in [1.165, 1.54) is 12.1 Å². The van der Waals surface area contributed by atoms with E-state index >= 15 is 0 Å². The standard InChI is InChI=1S/C8H6BrNO4S/c1-10-8(11)6-4-5(9)2-3-7(6)14-15(10,12)13/h2-4H,1H3. The number of benzene rings is 1. The zero-order valence-corrected chi connectivity index (χ0v) is 10.0. The van der Waals surface area contributed by atoms with Crippen molar-refractivity contribution in [1.29, 1.82) is 0 Å². The molecule has 0 atom stereocenters. The minimum Gasteiger partial charge on any atom is -0.366 e. The lowest BCUT2D eigenvalue weighted by Gasteiger charge is -2.23. The topological polar surface area (TPSA) is 63.7 Å². The molecule has 1 aliphatic rings. The number of carbonyl (C=O) groups excluding carboxylic acids is 1. The van der Waals surface area contributed by atoms with Gasteiger partial charge >= 0.3 is 10.3 Å². The van der Waals surface area contributed by atoms with Gasteiger partial charge in [-0.1, -0.05) is 15.9 Å². The molecule has 1 aromatic carbocycles. The SMILES string of the molecule is CN1C(=O)c2cc(Br)ccc2OS1(=O)=O. The van der Waals surface area contributed by atoms with Crippen LogP contribution in [0, 0.1) is 0 Å². The molecule has 0 aliphatic carbocycles. The van der Waals surface area contributed by atoms with Crippen LogP contribution in [0.1, 0.15) is 10.4 Å². The molecule has 1 aromatic rings. The number of hydrogen-bond acceptors (Lipinski definition) is 4. The molecule has 0 unspecified atom stereocenters. The lowest BCUT2D eigenvalue weighted by Crippen LogP contribution is -2.40. The van der Waals surface area contributed by atoms with Crippen molar-refractivity contribution in [2.45, 2.75) is 0 Å². The molecule has 0 aromatic heterocycles. The molecule has 2 rings (SSSR count). The molecule has 1 aliphatic heterocycles. The maximum Gasteiger partial charge on any atom is 0.412 e. The van der Waals surface area contributed by atoms with Crippen molar-refractivity contribution in [2.24, 2.45) is 0 Å². The first-order valence-electron chi connectivity index (χ1n) is 3.94. The van der Waals surface area contributed by atoms with Gasteiger partial charge in [0, 0.05) is 11.5 Å². The average Bonchev–Trinajstić information content (AvgIpc) is 2.16. The predicted octanol–water partition coefficient (Wildman–Crippen LogP) is 1.16. The van der Waals surface area contributed by atoms with Crippen LogP contribution in [-0.2, 0) is 10.3 Å². The summed E-state index contributed by atoms with van der Waals surface area (Å²) in [4.78, 5) is 11.6. The number of fused-ring (bicyclic) bond motifs is 1. The highest BCUT2D eigenvalue weighted by atomic mass is 79.9. The van der Waals surface area contributed by atoms with Crippen LogP contribution in [0.5, 0.6) is 5.75 Å². The Hall–Kier alpha value is -1.08. The Morgan fingerprint density at radius 1 is 1.40 bits per heavy atom. The van der Waals surface area contributed by atoms with Crippen LogP contribution in [0.3, 0.4) is 0 Å². The molecule has 0 bridgehead atoms. The van der Waals surface area contributed by atoms with Gasteiger partial charge in [-0.3, -0.25) is 4.79 Å². The molecular formula is C8H6BrNO4S. The number of carbonyl (C=O) groups is 1. The van der Waals surface area contributed by atoms with E-state index in [2.05, 4.69) is 15.9 Å². The summed E-state index contributed by atoms with van der Waals surface area (Å²) >= 11 is 3.19. The summed E-state index contributed by atoms with van der Waals surface area (Å²) in [5.74, 6) is -0.543. The predicted molar refractivity (Wildman–Crippen MR) is 55.8 cm³/mol. The third-order valence-corrected chi connectivity index (χ3v) is 3.71. The quantitative estimate of drug-likeness (QED) is 0.720. The summed E-state index contributed by atoms with van der Waals surface area (Å²) in [5, 5.41) is 0. The lowest BCUT2D eigenvalue weighted by atomic mass is 10.2. The highest BCUT2D eigenvalue weighted by molar-refractivity contribution is 9.10. The van der Waals surface area contributed by atoms with E-state index in [-0.39, 0.29) is 11.3 Å². The zero-order chi connectivity index (χ0) is 11.2.